The normalized spacial score (nSPS) is 13.7. The molecule has 0 saturated heterocycles. The van der Waals surface area contributed by atoms with Gasteiger partial charge in [0.15, 0.2) is 0 Å². The number of phenolic OH excluding ortho intramolecular Hbond substituents is 1. The molecule has 1 aromatic rings. The molecule has 1 heterocycles. The van der Waals surface area contributed by atoms with E-state index in [1.165, 1.54) is 6.07 Å². The zero-order chi connectivity index (χ0) is 13.3. The standard InChI is InChI=1S/C13H18N2O3/c1-13(2,3)18-12(17)15-8-6-10-9(4-5-14-10)11(16)7-8/h6-7,14,16H,4-5H2,1-3H3,(H,15,17). The van der Waals surface area contributed by atoms with E-state index in [0.717, 1.165) is 24.2 Å². The molecule has 5 nitrogen and oxygen atoms in total. The average molecular weight is 250 g/mol. The lowest BCUT2D eigenvalue weighted by atomic mass is 10.1. The molecule has 0 atom stereocenters. The second-order valence-electron chi connectivity index (χ2n) is 5.33. The Morgan fingerprint density at radius 1 is 1.44 bits per heavy atom. The van der Waals surface area contributed by atoms with Gasteiger partial charge >= 0.3 is 6.09 Å². The van der Waals surface area contributed by atoms with Gasteiger partial charge in [-0.05, 0) is 33.3 Å². The third-order valence-corrected chi connectivity index (χ3v) is 2.56. The smallest absolute Gasteiger partial charge is 0.412 e. The minimum Gasteiger partial charge on any atom is -0.508 e. The number of phenols is 1. The number of fused-ring (bicyclic) bond motifs is 1. The van der Waals surface area contributed by atoms with Crippen LogP contribution in [0.15, 0.2) is 12.1 Å². The van der Waals surface area contributed by atoms with Crippen LogP contribution in [-0.4, -0.2) is 23.3 Å². The van der Waals surface area contributed by atoms with Crippen LogP contribution in [0.1, 0.15) is 26.3 Å². The summed E-state index contributed by atoms with van der Waals surface area (Å²) in [6.45, 7) is 6.20. The molecule has 98 valence electrons. The van der Waals surface area contributed by atoms with Crippen molar-refractivity contribution in [2.24, 2.45) is 0 Å². The number of carbonyl (C=O) groups is 1. The van der Waals surface area contributed by atoms with Crippen molar-refractivity contribution in [3.8, 4) is 5.75 Å². The fourth-order valence-corrected chi connectivity index (χ4v) is 1.89. The maximum absolute atomic E-state index is 11.6. The van der Waals surface area contributed by atoms with E-state index in [4.69, 9.17) is 4.74 Å². The molecule has 1 aliphatic rings. The highest BCUT2D eigenvalue weighted by Crippen LogP contribution is 2.34. The zero-order valence-corrected chi connectivity index (χ0v) is 10.8. The van der Waals surface area contributed by atoms with Gasteiger partial charge in [0.2, 0.25) is 0 Å². The van der Waals surface area contributed by atoms with E-state index in [1.54, 1.807) is 26.8 Å². The van der Waals surface area contributed by atoms with Gasteiger partial charge in [-0.1, -0.05) is 0 Å². The van der Waals surface area contributed by atoms with E-state index in [1.807, 2.05) is 0 Å². The Morgan fingerprint density at radius 2 is 2.17 bits per heavy atom. The molecule has 0 saturated carbocycles. The van der Waals surface area contributed by atoms with Crippen molar-refractivity contribution >= 4 is 17.5 Å². The van der Waals surface area contributed by atoms with E-state index in [0.29, 0.717) is 5.69 Å². The molecule has 18 heavy (non-hydrogen) atoms. The van der Waals surface area contributed by atoms with E-state index in [9.17, 15) is 9.90 Å². The highest BCUT2D eigenvalue weighted by Gasteiger charge is 2.19. The third-order valence-electron chi connectivity index (χ3n) is 2.56. The molecule has 5 heteroatoms. The number of nitrogens with one attached hydrogen (secondary N) is 2. The number of ether oxygens (including phenoxy) is 1. The molecule has 0 fully saturated rings. The Labute approximate surface area is 106 Å². The quantitative estimate of drug-likeness (QED) is 0.716. The van der Waals surface area contributed by atoms with Gasteiger partial charge in [-0.2, -0.15) is 0 Å². The zero-order valence-electron chi connectivity index (χ0n) is 10.8. The lowest BCUT2D eigenvalue weighted by Gasteiger charge is -2.20. The van der Waals surface area contributed by atoms with Crippen molar-refractivity contribution in [3.05, 3.63) is 17.7 Å². The Morgan fingerprint density at radius 3 is 2.83 bits per heavy atom. The summed E-state index contributed by atoms with van der Waals surface area (Å²) in [4.78, 5) is 11.6. The summed E-state index contributed by atoms with van der Waals surface area (Å²) in [6, 6.07) is 3.34. The predicted molar refractivity (Wildman–Crippen MR) is 70.2 cm³/mol. The van der Waals surface area contributed by atoms with E-state index >= 15 is 0 Å². The lowest BCUT2D eigenvalue weighted by molar-refractivity contribution is 0.0636. The van der Waals surface area contributed by atoms with Crippen LogP contribution in [0.25, 0.3) is 0 Å². The molecule has 3 N–H and O–H groups in total. The van der Waals surface area contributed by atoms with E-state index < -0.39 is 11.7 Å². The van der Waals surface area contributed by atoms with Crippen LogP contribution < -0.4 is 10.6 Å². The van der Waals surface area contributed by atoms with Crippen molar-refractivity contribution in [2.45, 2.75) is 32.8 Å². The SMILES string of the molecule is CC(C)(C)OC(=O)Nc1cc(O)c2c(c1)NCC2. The summed E-state index contributed by atoms with van der Waals surface area (Å²) < 4.78 is 5.15. The van der Waals surface area contributed by atoms with Crippen LogP contribution in [0, 0.1) is 0 Å². The molecule has 0 bridgehead atoms. The Bertz CT molecular complexity index is 478. The monoisotopic (exact) mass is 250 g/mol. The van der Waals surface area contributed by atoms with Crippen LogP contribution in [-0.2, 0) is 11.2 Å². The lowest BCUT2D eigenvalue weighted by Crippen LogP contribution is -2.27. The molecule has 1 aliphatic heterocycles. The number of amides is 1. The molecule has 1 amide bonds. The second-order valence-corrected chi connectivity index (χ2v) is 5.33. The molecule has 2 rings (SSSR count). The van der Waals surface area contributed by atoms with Gasteiger partial charge in [0.25, 0.3) is 0 Å². The van der Waals surface area contributed by atoms with Crippen LogP contribution in [0.4, 0.5) is 16.2 Å². The number of rotatable bonds is 1. The fraction of sp³-hybridized carbons (Fsp3) is 0.462. The highest BCUT2D eigenvalue weighted by molar-refractivity contribution is 5.87. The Kier molecular flexibility index (Phi) is 3.07. The Hall–Kier alpha value is -1.91. The molecule has 0 aliphatic carbocycles. The number of hydrogen-bond donors (Lipinski definition) is 3. The molecular formula is C13H18N2O3. The number of aromatic hydroxyl groups is 1. The van der Waals surface area contributed by atoms with Crippen LogP contribution in [0.3, 0.4) is 0 Å². The van der Waals surface area contributed by atoms with Gasteiger partial charge in [-0.25, -0.2) is 4.79 Å². The van der Waals surface area contributed by atoms with Crippen molar-refractivity contribution in [2.75, 3.05) is 17.2 Å². The average Bonchev–Trinajstić information content (AvgIpc) is 2.62. The fourth-order valence-electron chi connectivity index (χ4n) is 1.89. The number of hydrogen-bond acceptors (Lipinski definition) is 4. The molecule has 1 aromatic carbocycles. The maximum Gasteiger partial charge on any atom is 0.412 e. The van der Waals surface area contributed by atoms with Gasteiger partial charge in [-0.3, -0.25) is 5.32 Å². The van der Waals surface area contributed by atoms with Gasteiger partial charge in [0.1, 0.15) is 11.4 Å². The number of anilines is 2. The largest absolute Gasteiger partial charge is 0.508 e. The van der Waals surface area contributed by atoms with Crippen molar-refractivity contribution in [3.63, 3.8) is 0 Å². The summed E-state index contributed by atoms with van der Waals surface area (Å²) in [5.74, 6) is 0.198. The minimum atomic E-state index is -0.541. The first-order chi connectivity index (χ1) is 8.35. The van der Waals surface area contributed by atoms with E-state index in [-0.39, 0.29) is 5.75 Å². The van der Waals surface area contributed by atoms with Crippen LogP contribution in [0.2, 0.25) is 0 Å². The number of benzene rings is 1. The van der Waals surface area contributed by atoms with E-state index in [2.05, 4.69) is 10.6 Å². The third kappa shape index (κ3) is 2.85. The molecular weight excluding hydrogens is 232 g/mol. The second kappa shape index (κ2) is 4.40. The summed E-state index contributed by atoms with van der Waals surface area (Å²) in [6.07, 6.45) is 0.272. The van der Waals surface area contributed by atoms with Crippen LogP contribution >= 0.6 is 0 Å². The number of carbonyl (C=O) groups excluding carboxylic acids is 1. The maximum atomic E-state index is 11.6. The molecule has 0 spiro atoms. The summed E-state index contributed by atoms with van der Waals surface area (Å²) in [5.41, 5.74) is 1.74. The highest BCUT2D eigenvalue weighted by atomic mass is 16.6. The summed E-state index contributed by atoms with van der Waals surface area (Å²) >= 11 is 0. The Balaban J connectivity index is 2.11. The first-order valence-electron chi connectivity index (χ1n) is 5.95. The van der Waals surface area contributed by atoms with Gasteiger partial charge < -0.3 is 15.2 Å². The van der Waals surface area contributed by atoms with Crippen molar-refractivity contribution in [1.29, 1.82) is 0 Å². The summed E-state index contributed by atoms with van der Waals surface area (Å²) in [7, 11) is 0. The molecule has 0 unspecified atom stereocenters. The van der Waals surface area contributed by atoms with Gasteiger partial charge in [0, 0.05) is 29.5 Å². The molecule has 0 aromatic heterocycles. The van der Waals surface area contributed by atoms with Gasteiger partial charge in [0.05, 0.1) is 0 Å². The predicted octanol–water partition coefficient (Wildman–Crippen LogP) is 2.71. The minimum absolute atomic E-state index is 0.198. The van der Waals surface area contributed by atoms with Gasteiger partial charge in [-0.15, -0.1) is 0 Å². The van der Waals surface area contributed by atoms with Crippen LogP contribution in [0.5, 0.6) is 5.75 Å². The van der Waals surface area contributed by atoms with Crippen molar-refractivity contribution in [1.82, 2.24) is 0 Å². The topological polar surface area (TPSA) is 70.6 Å². The van der Waals surface area contributed by atoms with Crippen molar-refractivity contribution < 1.29 is 14.6 Å². The first-order valence-corrected chi connectivity index (χ1v) is 5.95. The first kappa shape index (κ1) is 12.5. The summed E-state index contributed by atoms with van der Waals surface area (Å²) in [5, 5.41) is 15.6. The molecule has 0 radical (unpaired) electrons.